The first-order chi connectivity index (χ1) is 6.77. The van der Waals surface area contributed by atoms with Crippen LogP contribution in [0.15, 0.2) is 0 Å². The molecule has 0 amide bonds. The van der Waals surface area contributed by atoms with Gasteiger partial charge in [0.1, 0.15) is 6.61 Å². The van der Waals surface area contributed by atoms with Gasteiger partial charge in [-0.1, -0.05) is 31.6 Å². The van der Waals surface area contributed by atoms with E-state index in [1.54, 1.807) is 0 Å². The lowest BCUT2D eigenvalue weighted by Crippen LogP contribution is -2.44. The van der Waals surface area contributed by atoms with Crippen LogP contribution in [0, 0.1) is 11.8 Å². The van der Waals surface area contributed by atoms with Crippen LogP contribution in [-0.4, -0.2) is 18.8 Å². The third-order valence-corrected chi connectivity index (χ3v) is 2.84. The van der Waals surface area contributed by atoms with E-state index >= 15 is 0 Å². The summed E-state index contributed by atoms with van der Waals surface area (Å²) in [6.45, 7) is 3.02. The molecule has 1 fully saturated rings. The predicted octanol–water partition coefficient (Wildman–Crippen LogP) is 2.08. The Labute approximate surface area is 87.2 Å². The number of ether oxygens (including phenoxy) is 1. The average Bonchev–Trinajstić information content (AvgIpc) is 2.39. The monoisotopic (exact) mass is 195 g/mol. The Morgan fingerprint density at radius 1 is 1.21 bits per heavy atom. The van der Waals surface area contributed by atoms with Crippen LogP contribution in [0.25, 0.3) is 0 Å². The molecule has 0 aromatic carbocycles. The quantitative estimate of drug-likeness (QED) is 0.425. The summed E-state index contributed by atoms with van der Waals surface area (Å²) in [4.78, 5) is 0. The molecule has 1 rings (SSSR count). The van der Waals surface area contributed by atoms with Crippen molar-refractivity contribution in [2.75, 3.05) is 13.2 Å². The van der Waals surface area contributed by atoms with Gasteiger partial charge >= 0.3 is 0 Å². The zero-order valence-corrected chi connectivity index (χ0v) is 9.14. The van der Waals surface area contributed by atoms with Crippen LogP contribution < -0.4 is 5.73 Å². The van der Waals surface area contributed by atoms with Crippen molar-refractivity contribution >= 4 is 0 Å². The van der Waals surface area contributed by atoms with Gasteiger partial charge in [-0.2, -0.15) is 0 Å². The summed E-state index contributed by atoms with van der Waals surface area (Å²) >= 11 is 0. The predicted molar refractivity (Wildman–Crippen MR) is 58.9 cm³/mol. The molecule has 0 heterocycles. The second kappa shape index (κ2) is 6.06. The van der Waals surface area contributed by atoms with Gasteiger partial charge in [-0.25, -0.2) is 0 Å². The molecule has 0 bridgehead atoms. The number of hydrogen-bond donors (Lipinski definition) is 1. The first-order valence-electron chi connectivity index (χ1n) is 5.53. The van der Waals surface area contributed by atoms with Gasteiger partial charge < -0.3 is 10.5 Å². The van der Waals surface area contributed by atoms with Crippen molar-refractivity contribution in [3.05, 3.63) is 0 Å². The molecule has 0 aromatic heterocycles. The second-order valence-electron chi connectivity index (χ2n) is 4.20. The number of rotatable bonds is 3. The van der Waals surface area contributed by atoms with Crippen LogP contribution in [0.1, 0.15) is 45.4 Å². The minimum Gasteiger partial charge on any atom is -0.367 e. The van der Waals surface area contributed by atoms with Gasteiger partial charge in [-0.05, 0) is 19.8 Å². The Morgan fingerprint density at radius 3 is 2.43 bits per heavy atom. The van der Waals surface area contributed by atoms with E-state index in [4.69, 9.17) is 10.5 Å². The maximum Gasteiger partial charge on any atom is 0.107 e. The average molecular weight is 195 g/mol. The van der Waals surface area contributed by atoms with Crippen molar-refractivity contribution in [2.24, 2.45) is 5.73 Å². The molecule has 0 saturated heterocycles. The molecule has 0 unspecified atom stereocenters. The Balaban J connectivity index is 2.26. The van der Waals surface area contributed by atoms with E-state index in [0.717, 1.165) is 12.8 Å². The van der Waals surface area contributed by atoms with Crippen molar-refractivity contribution in [3.63, 3.8) is 0 Å². The molecule has 2 N–H and O–H groups in total. The normalized spacial score (nSPS) is 20.7. The van der Waals surface area contributed by atoms with Crippen LogP contribution in [-0.2, 0) is 4.74 Å². The Bertz CT molecular complexity index is 206. The summed E-state index contributed by atoms with van der Waals surface area (Å²) in [6, 6.07) is 0. The highest BCUT2D eigenvalue weighted by Gasteiger charge is 2.25. The van der Waals surface area contributed by atoms with E-state index < -0.39 is 0 Å². The molecule has 80 valence electrons. The maximum absolute atomic E-state index is 6.27. The van der Waals surface area contributed by atoms with Gasteiger partial charge in [0.25, 0.3) is 0 Å². The van der Waals surface area contributed by atoms with E-state index in [9.17, 15) is 0 Å². The molecule has 1 aliphatic rings. The molecular formula is C12H21NO. The zero-order chi connectivity index (χ0) is 10.3. The molecular weight excluding hydrogens is 174 g/mol. The first kappa shape index (κ1) is 11.6. The van der Waals surface area contributed by atoms with Gasteiger partial charge in [0.05, 0.1) is 6.61 Å². The van der Waals surface area contributed by atoms with Crippen LogP contribution in [0.2, 0.25) is 0 Å². The Kier molecular flexibility index (Phi) is 5.00. The lowest BCUT2D eigenvalue weighted by molar-refractivity contribution is 0.101. The highest BCUT2D eigenvalue weighted by molar-refractivity contribution is 4.95. The number of hydrogen-bond acceptors (Lipinski definition) is 2. The molecule has 1 saturated carbocycles. The van der Waals surface area contributed by atoms with Crippen molar-refractivity contribution in [1.29, 1.82) is 0 Å². The molecule has 0 aliphatic heterocycles. The van der Waals surface area contributed by atoms with Gasteiger partial charge in [-0.15, -0.1) is 5.92 Å². The van der Waals surface area contributed by atoms with Crippen LogP contribution >= 0.6 is 0 Å². The fraction of sp³-hybridized carbons (Fsp3) is 0.833. The van der Waals surface area contributed by atoms with E-state index in [0.29, 0.717) is 13.2 Å². The topological polar surface area (TPSA) is 35.2 Å². The lowest BCUT2D eigenvalue weighted by Gasteiger charge is -2.27. The third kappa shape index (κ3) is 4.13. The highest BCUT2D eigenvalue weighted by Crippen LogP contribution is 2.24. The van der Waals surface area contributed by atoms with Crippen LogP contribution in [0.5, 0.6) is 0 Å². The summed E-state index contributed by atoms with van der Waals surface area (Å²) in [5.74, 6) is 5.71. The van der Waals surface area contributed by atoms with Gasteiger partial charge in [0.15, 0.2) is 0 Å². The minimum atomic E-state index is -0.0775. The van der Waals surface area contributed by atoms with Gasteiger partial charge in [0, 0.05) is 5.54 Å². The largest absolute Gasteiger partial charge is 0.367 e. The molecule has 0 atom stereocenters. The van der Waals surface area contributed by atoms with Crippen molar-refractivity contribution < 1.29 is 4.74 Å². The van der Waals surface area contributed by atoms with Gasteiger partial charge in [0.2, 0.25) is 0 Å². The molecule has 2 nitrogen and oxygen atoms in total. The Hall–Kier alpha value is -0.520. The molecule has 0 radical (unpaired) electrons. The molecule has 0 spiro atoms. The highest BCUT2D eigenvalue weighted by atomic mass is 16.5. The van der Waals surface area contributed by atoms with E-state index in [2.05, 4.69) is 11.8 Å². The van der Waals surface area contributed by atoms with Crippen LogP contribution in [0.4, 0.5) is 0 Å². The minimum absolute atomic E-state index is 0.0775. The Morgan fingerprint density at radius 2 is 1.86 bits per heavy atom. The second-order valence-corrected chi connectivity index (χ2v) is 4.20. The van der Waals surface area contributed by atoms with Crippen LogP contribution in [0.3, 0.4) is 0 Å². The lowest BCUT2D eigenvalue weighted by atomic mass is 9.93. The van der Waals surface area contributed by atoms with E-state index in [1.165, 1.54) is 25.7 Å². The zero-order valence-electron chi connectivity index (χ0n) is 9.14. The van der Waals surface area contributed by atoms with Crippen molar-refractivity contribution in [2.45, 2.75) is 51.0 Å². The summed E-state index contributed by atoms with van der Waals surface area (Å²) in [5.41, 5.74) is 6.19. The third-order valence-electron chi connectivity index (χ3n) is 2.84. The first-order valence-corrected chi connectivity index (χ1v) is 5.53. The smallest absolute Gasteiger partial charge is 0.107 e. The SMILES string of the molecule is CC#CCOCC1(N)CCCCCC1. The maximum atomic E-state index is 6.27. The molecule has 14 heavy (non-hydrogen) atoms. The fourth-order valence-corrected chi connectivity index (χ4v) is 1.95. The summed E-state index contributed by atoms with van der Waals surface area (Å²) in [7, 11) is 0. The van der Waals surface area contributed by atoms with Crippen molar-refractivity contribution in [1.82, 2.24) is 0 Å². The summed E-state index contributed by atoms with van der Waals surface area (Å²) in [5, 5.41) is 0. The summed E-state index contributed by atoms with van der Waals surface area (Å²) < 4.78 is 5.47. The van der Waals surface area contributed by atoms with E-state index in [-0.39, 0.29) is 5.54 Å². The fourth-order valence-electron chi connectivity index (χ4n) is 1.95. The molecule has 2 heteroatoms. The molecule has 1 aliphatic carbocycles. The van der Waals surface area contributed by atoms with Crippen molar-refractivity contribution in [3.8, 4) is 11.8 Å². The standard InChI is InChI=1S/C12H21NO/c1-2-3-10-14-11-12(13)8-6-4-5-7-9-12/h4-11,13H2,1H3. The molecule has 0 aromatic rings. The number of nitrogens with two attached hydrogens (primary N) is 1. The van der Waals surface area contributed by atoms with Gasteiger partial charge in [-0.3, -0.25) is 0 Å². The summed E-state index contributed by atoms with van der Waals surface area (Å²) in [6.07, 6.45) is 7.36. The van der Waals surface area contributed by atoms with E-state index in [1.807, 2.05) is 6.92 Å².